The Morgan fingerprint density at radius 1 is 1.00 bits per heavy atom. The molecule has 4 rings (SSSR count). The lowest BCUT2D eigenvalue weighted by Gasteiger charge is -2.15. The molecule has 1 aliphatic rings. The van der Waals surface area contributed by atoms with E-state index in [0.717, 1.165) is 22.1 Å². The lowest BCUT2D eigenvalue weighted by Crippen LogP contribution is -2.27. The van der Waals surface area contributed by atoms with Crippen LogP contribution in [0.1, 0.15) is 5.56 Å². The summed E-state index contributed by atoms with van der Waals surface area (Å²) in [4.78, 5) is 15.1. The highest BCUT2D eigenvalue weighted by Gasteiger charge is 2.33. The molecule has 0 aliphatic carbocycles. The fourth-order valence-electron chi connectivity index (χ4n) is 3.22. The lowest BCUT2D eigenvalue weighted by atomic mass is 10.0. The van der Waals surface area contributed by atoms with Crippen LogP contribution in [0.3, 0.4) is 0 Å². The first-order valence-electron chi connectivity index (χ1n) is 8.70. The minimum Gasteiger partial charge on any atom is -0.496 e. The third kappa shape index (κ3) is 3.59. The van der Waals surface area contributed by atoms with Crippen LogP contribution in [0.25, 0.3) is 16.8 Å². The van der Waals surface area contributed by atoms with E-state index in [-0.39, 0.29) is 5.91 Å². The van der Waals surface area contributed by atoms with Crippen LogP contribution in [0.5, 0.6) is 11.5 Å². The number of ether oxygens (including phenoxy) is 2. The molecule has 0 aromatic heterocycles. The van der Waals surface area contributed by atoms with Gasteiger partial charge in [0, 0.05) is 5.39 Å². The first-order valence-corrected chi connectivity index (χ1v) is 10.3. The minimum atomic E-state index is -0.180. The van der Waals surface area contributed by atoms with Gasteiger partial charge in [-0.25, -0.2) is 0 Å². The van der Waals surface area contributed by atoms with Gasteiger partial charge in [0.05, 0.1) is 29.8 Å². The van der Waals surface area contributed by atoms with Crippen molar-refractivity contribution in [2.45, 2.75) is 0 Å². The third-order valence-electron chi connectivity index (χ3n) is 4.61. The predicted molar refractivity (Wildman–Crippen MR) is 124 cm³/mol. The number of hydrogen-bond acceptors (Lipinski definition) is 5. The van der Waals surface area contributed by atoms with Crippen molar-refractivity contribution in [2.24, 2.45) is 0 Å². The number of halogens is 1. The molecule has 146 valence electrons. The van der Waals surface area contributed by atoms with Crippen molar-refractivity contribution in [2.75, 3.05) is 19.1 Å². The van der Waals surface area contributed by atoms with E-state index in [1.165, 1.54) is 16.7 Å². The molecular weight excluding hydrogens is 426 g/mol. The Labute approximate surface area is 183 Å². The number of benzene rings is 3. The van der Waals surface area contributed by atoms with Crippen LogP contribution >= 0.6 is 35.6 Å². The van der Waals surface area contributed by atoms with Crippen LogP contribution in [-0.2, 0) is 4.79 Å². The molecule has 0 bridgehead atoms. The molecule has 3 aromatic carbocycles. The molecule has 1 aliphatic heterocycles. The van der Waals surface area contributed by atoms with E-state index in [1.807, 2.05) is 42.5 Å². The average molecular weight is 442 g/mol. The van der Waals surface area contributed by atoms with Gasteiger partial charge in [-0.3, -0.25) is 9.69 Å². The van der Waals surface area contributed by atoms with Gasteiger partial charge < -0.3 is 9.47 Å². The number of rotatable bonds is 4. The van der Waals surface area contributed by atoms with Gasteiger partial charge in [-0.15, -0.1) is 0 Å². The van der Waals surface area contributed by atoms with E-state index in [0.29, 0.717) is 25.7 Å². The van der Waals surface area contributed by atoms with Crippen molar-refractivity contribution in [1.29, 1.82) is 0 Å². The number of thiocarbonyl (C=S) groups is 1. The lowest BCUT2D eigenvalue weighted by molar-refractivity contribution is -0.113. The molecule has 0 atom stereocenters. The van der Waals surface area contributed by atoms with E-state index in [2.05, 4.69) is 0 Å². The van der Waals surface area contributed by atoms with E-state index in [1.54, 1.807) is 32.4 Å². The molecule has 7 heteroatoms. The number of carbonyl (C=O) groups is 1. The number of nitrogens with zero attached hydrogens (tertiary/aromatic N) is 1. The predicted octanol–water partition coefficient (Wildman–Crippen LogP) is 5.92. The second-order valence-corrected chi connectivity index (χ2v) is 8.32. The zero-order valence-electron chi connectivity index (χ0n) is 15.6. The summed E-state index contributed by atoms with van der Waals surface area (Å²) in [5.74, 6) is 1.15. The highest BCUT2D eigenvalue weighted by Crippen LogP contribution is 2.39. The fourth-order valence-corrected chi connectivity index (χ4v) is 4.77. The summed E-state index contributed by atoms with van der Waals surface area (Å²) in [5.41, 5.74) is 1.54. The molecule has 0 spiro atoms. The van der Waals surface area contributed by atoms with Crippen molar-refractivity contribution in [3.8, 4) is 11.5 Å². The van der Waals surface area contributed by atoms with Crippen LogP contribution in [0.4, 0.5) is 5.69 Å². The summed E-state index contributed by atoms with van der Waals surface area (Å²) < 4.78 is 11.1. The summed E-state index contributed by atoms with van der Waals surface area (Å²) in [7, 11) is 3.19. The van der Waals surface area contributed by atoms with Crippen LogP contribution in [0.2, 0.25) is 5.02 Å². The Kier molecular flexibility index (Phi) is 5.50. The van der Waals surface area contributed by atoms with Crippen molar-refractivity contribution >= 4 is 68.3 Å². The molecule has 0 N–H and O–H groups in total. The maximum atomic E-state index is 13.1. The zero-order valence-corrected chi connectivity index (χ0v) is 18.0. The molecule has 0 unspecified atom stereocenters. The van der Waals surface area contributed by atoms with Gasteiger partial charge in [-0.05, 0) is 41.3 Å². The highest BCUT2D eigenvalue weighted by molar-refractivity contribution is 8.27. The Bertz CT molecular complexity index is 1180. The first-order chi connectivity index (χ1) is 14.0. The van der Waals surface area contributed by atoms with E-state index >= 15 is 0 Å². The number of thioether (sulfide) groups is 1. The van der Waals surface area contributed by atoms with E-state index < -0.39 is 0 Å². The summed E-state index contributed by atoms with van der Waals surface area (Å²) >= 11 is 13.0. The first kappa shape index (κ1) is 19.8. The maximum absolute atomic E-state index is 13.1. The average Bonchev–Trinajstić information content (AvgIpc) is 3.01. The van der Waals surface area contributed by atoms with Gasteiger partial charge in [0.15, 0.2) is 4.32 Å². The van der Waals surface area contributed by atoms with Crippen LogP contribution in [-0.4, -0.2) is 24.4 Å². The maximum Gasteiger partial charge on any atom is 0.270 e. The van der Waals surface area contributed by atoms with Crippen molar-refractivity contribution < 1.29 is 14.3 Å². The quantitative estimate of drug-likeness (QED) is 0.371. The second kappa shape index (κ2) is 8.06. The largest absolute Gasteiger partial charge is 0.496 e. The topological polar surface area (TPSA) is 38.8 Å². The molecule has 4 nitrogen and oxygen atoms in total. The molecule has 1 fully saturated rings. The fraction of sp³-hybridized carbons (Fsp3) is 0.0909. The molecule has 0 saturated carbocycles. The zero-order chi connectivity index (χ0) is 20.5. The van der Waals surface area contributed by atoms with Crippen LogP contribution in [0, 0.1) is 0 Å². The molecule has 1 heterocycles. The van der Waals surface area contributed by atoms with E-state index in [4.69, 9.17) is 33.3 Å². The summed E-state index contributed by atoms with van der Waals surface area (Å²) in [6.45, 7) is 0. The normalized spacial score (nSPS) is 15.4. The number of fused-ring (bicyclic) bond motifs is 1. The minimum absolute atomic E-state index is 0.180. The number of methoxy groups -OCH3 is 2. The Morgan fingerprint density at radius 3 is 2.38 bits per heavy atom. The van der Waals surface area contributed by atoms with Gasteiger partial charge in [0.2, 0.25) is 0 Å². The van der Waals surface area contributed by atoms with E-state index in [9.17, 15) is 4.79 Å². The van der Waals surface area contributed by atoms with Gasteiger partial charge in [0.1, 0.15) is 11.5 Å². The monoisotopic (exact) mass is 441 g/mol. The highest BCUT2D eigenvalue weighted by atomic mass is 35.5. The number of amides is 1. The summed E-state index contributed by atoms with van der Waals surface area (Å²) in [6.07, 6.45) is 1.87. The Hall–Kier alpha value is -2.54. The molecule has 29 heavy (non-hydrogen) atoms. The number of hydrogen-bond donors (Lipinski definition) is 0. The van der Waals surface area contributed by atoms with Gasteiger partial charge >= 0.3 is 0 Å². The van der Waals surface area contributed by atoms with Gasteiger partial charge in [0.25, 0.3) is 5.91 Å². The van der Waals surface area contributed by atoms with Crippen molar-refractivity contribution in [3.63, 3.8) is 0 Å². The summed E-state index contributed by atoms with van der Waals surface area (Å²) in [6, 6.07) is 16.9. The SMILES string of the molecule is COc1ccc(N2C(=O)/C(=C\c3ccc(OC)c4ccccc34)SC2=S)cc1Cl. The third-order valence-corrected chi connectivity index (χ3v) is 6.21. The second-order valence-electron chi connectivity index (χ2n) is 6.24. The molecule has 1 saturated heterocycles. The Balaban J connectivity index is 1.74. The van der Waals surface area contributed by atoms with Crippen LogP contribution in [0.15, 0.2) is 59.5 Å². The Morgan fingerprint density at radius 2 is 1.69 bits per heavy atom. The number of anilines is 1. The molecular formula is C22H16ClNO3S2. The number of carbonyl (C=O) groups excluding carboxylic acids is 1. The smallest absolute Gasteiger partial charge is 0.270 e. The molecule has 1 amide bonds. The standard InChI is InChI=1S/C22H16ClNO3S2/c1-26-18-9-7-13(15-5-3-4-6-16(15)18)11-20-21(25)24(22(28)29-20)14-8-10-19(27-2)17(23)12-14/h3-12H,1-2H3/b20-11+. The van der Waals surface area contributed by atoms with Crippen molar-refractivity contribution in [3.05, 3.63) is 70.1 Å². The van der Waals surface area contributed by atoms with Crippen LogP contribution < -0.4 is 14.4 Å². The van der Waals surface area contributed by atoms with Gasteiger partial charge in [-0.1, -0.05) is 65.9 Å². The van der Waals surface area contributed by atoms with Gasteiger partial charge in [-0.2, -0.15) is 0 Å². The summed E-state index contributed by atoms with van der Waals surface area (Å²) in [5, 5.41) is 2.41. The molecule has 0 radical (unpaired) electrons. The van der Waals surface area contributed by atoms with Crippen molar-refractivity contribution in [1.82, 2.24) is 0 Å². The molecule has 3 aromatic rings.